The molecule has 0 heterocycles. The summed E-state index contributed by atoms with van der Waals surface area (Å²) in [5, 5.41) is 8.42. The Kier molecular flexibility index (Phi) is 7.23. The van der Waals surface area contributed by atoms with Gasteiger partial charge in [-0.3, -0.25) is 4.79 Å². The Balaban J connectivity index is 3.14. The highest BCUT2D eigenvalue weighted by molar-refractivity contribution is 7.99. The Morgan fingerprint density at radius 3 is 2.92 bits per heavy atom. The van der Waals surface area contributed by atoms with Crippen molar-refractivity contribution in [3.63, 3.8) is 0 Å². The SMILES string of the molecule is COCCCSC[C@@H](N)C(=O)O. The number of methoxy groups -OCH3 is 1. The van der Waals surface area contributed by atoms with Gasteiger partial charge in [-0.1, -0.05) is 0 Å². The molecule has 72 valence electrons. The third kappa shape index (κ3) is 6.45. The molecular formula is C7H15NO3S. The third-order valence-electron chi connectivity index (χ3n) is 1.25. The van der Waals surface area contributed by atoms with Crippen molar-refractivity contribution in [1.82, 2.24) is 0 Å². The van der Waals surface area contributed by atoms with Crippen LogP contribution in [0.2, 0.25) is 0 Å². The zero-order valence-corrected chi connectivity index (χ0v) is 7.97. The first-order valence-electron chi connectivity index (χ1n) is 3.73. The fraction of sp³-hybridized carbons (Fsp3) is 0.857. The summed E-state index contributed by atoms with van der Waals surface area (Å²) in [6, 6.07) is -0.738. The van der Waals surface area contributed by atoms with Crippen molar-refractivity contribution < 1.29 is 14.6 Å². The number of nitrogens with two attached hydrogens (primary N) is 1. The van der Waals surface area contributed by atoms with Crippen LogP contribution in [0.5, 0.6) is 0 Å². The predicted octanol–water partition coefficient (Wildman–Crippen LogP) is 0.168. The molecule has 3 N–H and O–H groups in total. The van der Waals surface area contributed by atoms with Gasteiger partial charge in [0.2, 0.25) is 0 Å². The van der Waals surface area contributed by atoms with E-state index in [9.17, 15) is 4.79 Å². The van der Waals surface area contributed by atoms with Gasteiger partial charge in [0.25, 0.3) is 0 Å². The van der Waals surface area contributed by atoms with Crippen LogP contribution in [0.4, 0.5) is 0 Å². The van der Waals surface area contributed by atoms with Gasteiger partial charge in [-0.05, 0) is 12.2 Å². The largest absolute Gasteiger partial charge is 0.480 e. The van der Waals surface area contributed by atoms with Gasteiger partial charge >= 0.3 is 5.97 Å². The molecule has 12 heavy (non-hydrogen) atoms. The van der Waals surface area contributed by atoms with Gasteiger partial charge in [0.05, 0.1) is 0 Å². The van der Waals surface area contributed by atoms with Gasteiger partial charge in [0.15, 0.2) is 0 Å². The highest BCUT2D eigenvalue weighted by Gasteiger charge is 2.09. The average molecular weight is 193 g/mol. The molecule has 1 atom stereocenters. The van der Waals surface area contributed by atoms with E-state index in [0.717, 1.165) is 18.8 Å². The van der Waals surface area contributed by atoms with Crippen LogP contribution in [0, 0.1) is 0 Å². The van der Waals surface area contributed by atoms with Gasteiger partial charge in [-0.15, -0.1) is 0 Å². The van der Waals surface area contributed by atoms with Crippen LogP contribution in [0.3, 0.4) is 0 Å². The Labute approximate surface area is 76.5 Å². The highest BCUT2D eigenvalue weighted by atomic mass is 32.2. The standard InChI is InChI=1S/C7H15NO3S/c1-11-3-2-4-12-5-6(8)7(9)10/h6H,2-5,8H2,1H3,(H,9,10)/t6-/m1/s1. The highest BCUT2D eigenvalue weighted by Crippen LogP contribution is 2.03. The molecule has 0 aromatic carbocycles. The van der Waals surface area contributed by atoms with Crippen molar-refractivity contribution in [3.05, 3.63) is 0 Å². The molecule has 0 aromatic heterocycles. The van der Waals surface area contributed by atoms with E-state index >= 15 is 0 Å². The minimum Gasteiger partial charge on any atom is -0.480 e. The van der Waals surface area contributed by atoms with Crippen LogP contribution in [0.1, 0.15) is 6.42 Å². The van der Waals surface area contributed by atoms with Crippen molar-refractivity contribution >= 4 is 17.7 Å². The number of thioether (sulfide) groups is 1. The number of carbonyl (C=O) groups is 1. The van der Waals surface area contributed by atoms with Crippen LogP contribution in [0.15, 0.2) is 0 Å². The van der Waals surface area contributed by atoms with Crippen LogP contribution >= 0.6 is 11.8 Å². The monoisotopic (exact) mass is 193 g/mol. The molecule has 0 aliphatic rings. The molecule has 0 fully saturated rings. The van der Waals surface area contributed by atoms with Gasteiger partial charge in [0, 0.05) is 19.5 Å². The van der Waals surface area contributed by atoms with Gasteiger partial charge in [-0.2, -0.15) is 11.8 Å². The minimum atomic E-state index is -0.936. The first-order valence-corrected chi connectivity index (χ1v) is 4.89. The summed E-state index contributed by atoms with van der Waals surface area (Å²) in [7, 11) is 1.65. The molecule has 4 nitrogen and oxygen atoms in total. The topological polar surface area (TPSA) is 72.5 Å². The Morgan fingerprint density at radius 1 is 1.75 bits per heavy atom. The molecule has 0 saturated heterocycles. The number of ether oxygens (including phenoxy) is 1. The molecule has 0 aromatic rings. The molecule has 0 spiro atoms. The van der Waals surface area contributed by atoms with Crippen LogP contribution in [-0.4, -0.2) is 42.3 Å². The van der Waals surface area contributed by atoms with Crippen molar-refractivity contribution in [2.24, 2.45) is 5.73 Å². The lowest BCUT2D eigenvalue weighted by Gasteiger charge is -2.04. The van der Waals surface area contributed by atoms with Crippen molar-refractivity contribution in [2.75, 3.05) is 25.2 Å². The molecular weight excluding hydrogens is 178 g/mol. The molecule has 5 heteroatoms. The normalized spacial score (nSPS) is 12.8. The Morgan fingerprint density at radius 2 is 2.42 bits per heavy atom. The number of aliphatic carboxylic acids is 1. The first-order chi connectivity index (χ1) is 5.68. The van der Waals surface area contributed by atoms with E-state index in [-0.39, 0.29) is 0 Å². The van der Waals surface area contributed by atoms with Crippen molar-refractivity contribution in [2.45, 2.75) is 12.5 Å². The zero-order chi connectivity index (χ0) is 9.40. The fourth-order valence-electron chi connectivity index (χ4n) is 0.587. The number of rotatable bonds is 7. The molecule has 0 rings (SSSR count). The third-order valence-corrected chi connectivity index (χ3v) is 2.42. The number of carboxylic acid groups (broad SMARTS) is 1. The minimum absolute atomic E-state index is 0.471. The maximum Gasteiger partial charge on any atom is 0.321 e. The molecule has 0 amide bonds. The molecule has 0 saturated carbocycles. The molecule has 0 aliphatic heterocycles. The lowest BCUT2D eigenvalue weighted by Crippen LogP contribution is -2.32. The van der Waals surface area contributed by atoms with Crippen molar-refractivity contribution in [1.29, 1.82) is 0 Å². The second kappa shape index (κ2) is 7.39. The first kappa shape index (κ1) is 11.7. The molecule has 0 radical (unpaired) electrons. The number of hydrogen-bond acceptors (Lipinski definition) is 4. The molecule has 0 bridgehead atoms. The van der Waals surface area contributed by atoms with Crippen LogP contribution in [-0.2, 0) is 9.53 Å². The fourth-order valence-corrected chi connectivity index (χ4v) is 1.47. The summed E-state index contributed by atoms with van der Waals surface area (Å²) < 4.78 is 4.84. The lowest BCUT2D eigenvalue weighted by atomic mass is 10.4. The van der Waals surface area contributed by atoms with Crippen LogP contribution in [0.25, 0.3) is 0 Å². The van der Waals surface area contributed by atoms with E-state index in [1.807, 2.05) is 0 Å². The average Bonchev–Trinajstić information content (AvgIpc) is 2.03. The smallest absolute Gasteiger partial charge is 0.321 e. The van der Waals surface area contributed by atoms with E-state index < -0.39 is 12.0 Å². The summed E-state index contributed by atoms with van der Waals surface area (Å²) in [6.45, 7) is 0.718. The summed E-state index contributed by atoms with van der Waals surface area (Å²) in [5.74, 6) is 0.433. The second-order valence-electron chi connectivity index (χ2n) is 2.37. The van der Waals surface area contributed by atoms with Crippen LogP contribution < -0.4 is 5.73 Å². The zero-order valence-electron chi connectivity index (χ0n) is 7.16. The maximum atomic E-state index is 10.3. The number of hydrogen-bond donors (Lipinski definition) is 2. The summed E-state index contributed by atoms with van der Waals surface area (Å²) in [6.07, 6.45) is 0.938. The Bertz CT molecular complexity index is 132. The molecule has 0 aliphatic carbocycles. The quantitative estimate of drug-likeness (QED) is 0.564. The summed E-state index contributed by atoms with van der Waals surface area (Å²) >= 11 is 1.54. The van der Waals surface area contributed by atoms with Gasteiger partial charge < -0.3 is 15.6 Å². The van der Waals surface area contributed by atoms with Gasteiger partial charge in [0.1, 0.15) is 6.04 Å². The van der Waals surface area contributed by atoms with Crippen molar-refractivity contribution in [3.8, 4) is 0 Å². The maximum absolute atomic E-state index is 10.3. The summed E-state index contributed by atoms with van der Waals surface area (Å²) in [4.78, 5) is 10.3. The second-order valence-corrected chi connectivity index (χ2v) is 3.52. The Hall–Kier alpha value is -0.260. The summed E-state index contributed by atoms with van der Waals surface area (Å²) in [5.41, 5.74) is 5.28. The van der Waals surface area contributed by atoms with E-state index in [1.54, 1.807) is 18.9 Å². The van der Waals surface area contributed by atoms with E-state index in [0.29, 0.717) is 5.75 Å². The van der Waals surface area contributed by atoms with E-state index in [4.69, 9.17) is 15.6 Å². The lowest BCUT2D eigenvalue weighted by molar-refractivity contribution is -0.137. The van der Waals surface area contributed by atoms with Gasteiger partial charge in [-0.25, -0.2) is 0 Å². The van der Waals surface area contributed by atoms with E-state index in [2.05, 4.69) is 0 Å². The number of carboxylic acids is 1. The predicted molar refractivity (Wildman–Crippen MR) is 49.4 cm³/mol. The van der Waals surface area contributed by atoms with E-state index in [1.165, 1.54) is 0 Å². The molecule has 0 unspecified atom stereocenters.